The molecule has 2 atom stereocenters. The third-order valence-electron chi connectivity index (χ3n) is 4.37. The van der Waals surface area contributed by atoms with Crippen LogP contribution in [0.5, 0.6) is 0 Å². The van der Waals surface area contributed by atoms with Crippen molar-refractivity contribution in [3.63, 3.8) is 0 Å². The first-order chi connectivity index (χ1) is 11.6. The molecule has 3 N–H and O–H groups in total. The Bertz CT molecular complexity index is 689. The molecule has 1 amide bonds. The molecule has 0 bridgehead atoms. The van der Waals surface area contributed by atoms with Crippen LogP contribution in [0.4, 0.5) is 0 Å². The van der Waals surface area contributed by atoms with E-state index in [9.17, 15) is 4.79 Å². The van der Waals surface area contributed by atoms with Crippen LogP contribution in [0.15, 0.2) is 29.7 Å². The molecule has 0 radical (unpaired) electrons. The predicted molar refractivity (Wildman–Crippen MR) is 93.7 cm³/mol. The number of carbonyl (C=O) groups excluding carboxylic acids is 1. The number of hydrogen-bond acceptors (Lipinski definition) is 6. The number of nitrogens with one attached hydrogen (secondary N) is 1. The molecule has 8 heteroatoms. The van der Waals surface area contributed by atoms with Gasteiger partial charge in [-0.15, -0.1) is 10.2 Å². The maximum absolute atomic E-state index is 12.2. The summed E-state index contributed by atoms with van der Waals surface area (Å²) in [5.41, 5.74) is 0.792. The summed E-state index contributed by atoms with van der Waals surface area (Å²) >= 11 is 1.29. The van der Waals surface area contributed by atoms with E-state index in [0.29, 0.717) is 16.9 Å². The minimum atomic E-state index is 0.0182. The Morgan fingerprint density at radius 3 is 3.00 bits per heavy atom. The zero-order valence-corrected chi connectivity index (χ0v) is 14.5. The van der Waals surface area contributed by atoms with Crippen LogP contribution >= 0.6 is 11.8 Å². The third kappa shape index (κ3) is 3.87. The maximum atomic E-state index is 12.2. The lowest BCUT2D eigenvalue weighted by atomic mass is 9.86. The number of nitrogen functional groups attached to an aromatic ring is 1. The van der Waals surface area contributed by atoms with Crippen molar-refractivity contribution in [2.24, 2.45) is 5.92 Å². The molecule has 0 saturated heterocycles. The third-order valence-corrected chi connectivity index (χ3v) is 5.32. The monoisotopic (exact) mass is 346 g/mol. The summed E-state index contributed by atoms with van der Waals surface area (Å²) in [6.45, 7) is 2.20. The number of nitrogens with two attached hydrogens (primary N) is 1. The molecular formula is C16H22N6OS. The molecule has 1 aliphatic rings. The van der Waals surface area contributed by atoms with Crippen LogP contribution in [0.3, 0.4) is 0 Å². The van der Waals surface area contributed by atoms with Gasteiger partial charge in [-0.05, 0) is 30.9 Å². The highest BCUT2D eigenvalue weighted by molar-refractivity contribution is 7.99. The van der Waals surface area contributed by atoms with E-state index in [-0.39, 0.29) is 17.7 Å². The van der Waals surface area contributed by atoms with E-state index >= 15 is 0 Å². The van der Waals surface area contributed by atoms with E-state index in [0.717, 1.165) is 12.0 Å². The molecule has 0 aromatic carbocycles. The molecule has 1 aliphatic carbocycles. The average molecular weight is 346 g/mol. The van der Waals surface area contributed by atoms with Gasteiger partial charge in [-0.1, -0.05) is 31.5 Å². The fraction of sp³-hybridized carbons (Fsp3) is 0.500. The van der Waals surface area contributed by atoms with Gasteiger partial charge in [0, 0.05) is 24.0 Å². The van der Waals surface area contributed by atoms with Gasteiger partial charge in [0.05, 0.1) is 5.75 Å². The SMILES string of the molecule is C[C@@H]1CCCC[C@@H]1NC(=O)CSc1nnc(-c2cccnc2)n1N. The van der Waals surface area contributed by atoms with E-state index in [4.69, 9.17) is 5.84 Å². The van der Waals surface area contributed by atoms with Crippen molar-refractivity contribution in [2.45, 2.75) is 43.8 Å². The Balaban J connectivity index is 1.57. The van der Waals surface area contributed by atoms with Crippen molar-refractivity contribution in [3.8, 4) is 11.4 Å². The second kappa shape index (κ2) is 7.65. The van der Waals surface area contributed by atoms with Gasteiger partial charge in [0.1, 0.15) is 0 Å². The predicted octanol–water partition coefficient (Wildman–Crippen LogP) is 1.84. The Labute approximate surface area is 145 Å². The Morgan fingerprint density at radius 1 is 1.42 bits per heavy atom. The zero-order chi connectivity index (χ0) is 16.9. The second-order valence-corrected chi connectivity index (χ2v) is 7.08. The number of amides is 1. The number of hydrogen-bond donors (Lipinski definition) is 2. The average Bonchev–Trinajstić information content (AvgIpc) is 2.97. The lowest BCUT2D eigenvalue weighted by Crippen LogP contribution is -2.41. The van der Waals surface area contributed by atoms with Crippen molar-refractivity contribution < 1.29 is 4.79 Å². The van der Waals surface area contributed by atoms with E-state index in [2.05, 4.69) is 27.4 Å². The minimum absolute atomic E-state index is 0.0182. The van der Waals surface area contributed by atoms with Crippen LogP contribution < -0.4 is 11.2 Å². The summed E-state index contributed by atoms with van der Waals surface area (Å²) in [4.78, 5) is 16.2. The normalized spacial score (nSPS) is 20.7. The van der Waals surface area contributed by atoms with Crippen LogP contribution in [0.1, 0.15) is 32.6 Å². The summed E-state index contributed by atoms with van der Waals surface area (Å²) in [7, 11) is 0. The van der Waals surface area contributed by atoms with Crippen LogP contribution in [0, 0.1) is 5.92 Å². The Hall–Kier alpha value is -2.09. The highest BCUT2D eigenvalue weighted by Crippen LogP contribution is 2.24. The highest BCUT2D eigenvalue weighted by Gasteiger charge is 2.23. The number of aromatic nitrogens is 4. The summed E-state index contributed by atoms with van der Waals surface area (Å²) in [5, 5.41) is 11.8. The van der Waals surface area contributed by atoms with Crippen LogP contribution in [0.2, 0.25) is 0 Å². The number of nitrogens with zero attached hydrogens (tertiary/aromatic N) is 4. The first-order valence-corrected chi connectivity index (χ1v) is 9.16. The maximum Gasteiger partial charge on any atom is 0.230 e. The molecule has 1 saturated carbocycles. The lowest BCUT2D eigenvalue weighted by molar-refractivity contribution is -0.119. The molecule has 7 nitrogen and oxygen atoms in total. The largest absolute Gasteiger partial charge is 0.352 e. The molecule has 1 fully saturated rings. The smallest absolute Gasteiger partial charge is 0.230 e. The summed E-state index contributed by atoms with van der Waals surface area (Å²) in [6, 6.07) is 3.97. The number of pyridine rings is 1. The molecule has 3 rings (SSSR count). The molecular weight excluding hydrogens is 324 g/mol. The van der Waals surface area contributed by atoms with Gasteiger partial charge in [-0.25, -0.2) is 4.68 Å². The fourth-order valence-electron chi connectivity index (χ4n) is 2.98. The van der Waals surface area contributed by atoms with Gasteiger partial charge in [0.15, 0.2) is 5.82 Å². The first-order valence-electron chi connectivity index (χ1n) is 8.18. The summed E-state index contributed by atoms with van der Waals surface area (Å²) in [6.07, 6.45) is 8.06. The van der Waals surface area contributed by atoms with Crippen LogP contribution in [-0.2, 0) is 4.79 Å². The zero-order valence-electron chi connectivity index (χ0n) is 13.7. The standard InChI is InChI=1S/C16H22N6OS/c1-11-5-2-3-7-13(11)19-14(23)10-24-16-21-20-15(22(16)17)12-6-4-8-18-9-12/h4,6,8-9,11,13H,2-3,5,7,10,17H2,1H3,(H,19,23)/t11-,13+/m1/s1. The molecule has 0 spiro atoms. The molecule has 0 aliphatic heterocycles. The van der Waals surface area contributed by atoms with Crippen molar-refractivity contribution in [2.75, 3.05) is 11.6 Å². The molecule has 0 unspecified atom stereocenters. The molecule has 128 valence electrons. The van der Waals surface area contributed by atoms with Crippen molar-refractivity contribution >= 4 is 17.7 Å². The van der Waals surface area contributed by atoms with Crippen LogP contribution in [0.25, 0.3) is 11.4 Å². The molecule has 2 aromatic heterocycles. The first kappa shape index (κ1) is 16.8. The molecule has 2 heterocycles. The minimum Gasteiger partial charge on any atom is -0.352 e. The fourth-order valence-corrected chi connectivity index (χ4v) is 3.64. The van der Waals surface area contributed by atoms with Crippen LogP contribution in [-0.4, -0.2) is 37.6 Å². The lowest BCUT2D eigenvalue weighted by Gasteiger charge is -2.29. The van der Waals surface area contributed by atoms with Gasteiger partial charge >= 0.3 is 0 Å². The van der Waals surface area contributed by atoms with Crippen molar-refractivity contribution in [1.82, 2.24) is 25.2 Å². The number of rotatable bonds is 5. The van der Waals surface area contributed by atoms with Gasteiger partial charge in [0.25, 0.3) is 0 Å². The van der Waals surface area contributed by atoms with E-state index in [1.807, 2.05) is 12.1 Å². The summed E-state index contributed by atoms with van der Waals surface area (Å²) < 4.78 is 1.40. The number of carbonyl (C=O) groups is 1. The van der Waals surface area contributed by atoms with Gasteiger partial charge in [0.2, 0.25) is 11.1 Å². The molecule has 24 heavy (non-hydrogen) atoms. The van der Waals surface area contributed by atoms with Crippen molar-refractivity contribution in [1.29, 1.82) is 0 Å². The van der Waals surface area contributed by atoms with E-state index in [1.54, 1.807) is 12.4 Å². The molecule has 2 aromatic rings. The summed E-state index contributed by atoms with van der Waals surface area (Å²) in [5.74, 6) is 7.42. The van der Waals surface area contributed by atoms with Crippen molar-refractivity contribution in [3.05, 3.63) is 24.5 Å². The second-order valence-electron chi connectivity index (χ2n) is 6.14. The topological polar surface area (TPSA) is 98.7 Å². The van der Waals surface area contributed by atoms with Gasteiger partial charge in [-0.3, -0.25) is 9.78 Å². The number of thioether (sulfide) groups is 1. The quantitative estimate of drug-likeness (QED) is 0.633. The Kier molecular flexibility index (Phi) is 5.34. The Morgan fingerprint density at radius 2 is 2.25 bits per heavy atom. The van der Waals surface area contributed by atoms with Gasteiger partial charge in [-0.2, -0.15) is 0 Å². The highest BCUT2D eigenvalue weighted by atomic mass is 32.2. The van der Waals surface area contributed by atoms with Gasteiger partial charge < -0.3 is 11.2 Å². The van der Waals surface area contributed by atoms with E-state index < -0.39 is 0 Å². The van der Waals surface area contributed by atoms with E-state index in [1.165, 1.54) is 35.7 Å².